The lowest BCUT2D eigenvalue weighted by Crippen LogP contribution is -2.35. The predicted molar refractivity (Wildman–Crippen MR) is 137 cm³/mol. The van der Waals surface area contributed by atoms with Gasteiger partial charge >= 0.3 is 0 Å². The molecule has 2 aromatic carbocycles. The van der Waals surface area contributed by atoms with Gasteiger partial charge in [-0.2, -0.15) is 0 Å². The average molecular weight is 437 g/mol. The molecule has 1 unspecified atom stereocenters. The molecule has 1 atom stereocenters. The second-order valence-electron chi connectivity index (χ2n) is 9.03. The van der Waals surface area contributed by atoms with Gasteiger partial charge in [0, 0.05) is 29.8 Å². The summed E-state index contributed by atoms with van der Waals surface area (Å²) in [6.07, 6.45) is 14.4. The zero-order chi connectivity index (χ0) is 22.5. The number of hydrogen-bond acceptors (Lipinski definition) is 3. The number of nitrogens with one attached hydrogen (secondary N) is 1. The zero-order valence-electron chi connectivity index (χ0n) is 19.4. The van der Waals surface area contributed by atoms with Crippen LogP contribution in [0.5, 0.6) is 5.75 Å². The lowest BCUT2D eigenvalue weighted by Gasteiger charge is -2.24. The zero-order valence-corrected chi connectivity index (χ0v) is 19.4. The minimum absolute atomic E-state index is 0.555. The van der Waals surface area contributed by atoms with Gasteiger partial charge in [-0.1, -0.05) is 73.2 Å². The van der Waals surface area contributed by atoms with Crippen LogP contribution in [-0.2, 0) is 6.42 Å². The van der Waals surface area contributed by atoms with Crippen molar-refractivity contribution in [2.24, 2.45) is 0 Å². The standard InChI is InChI=1S/C30H32N2O/c1-22-10-5-6-15-26(22)24-13-9-16-29-27(20-24)30(33-19-17-25-14-7-8-18-31-25)28(21-32-29)23-11-3-2-4-12-23/h2-6,9-13,15,20-21,25,31H,7-8,14,16-19H2,1H3. The van der Waals surface area contributed by atoms with E-state index in [0.29, 0.717) is 12.6 Å². The molecule has 1 saturated heterocycles. The van der Waals surface area contributed by atoms with Crippen molar-refractivity contribution in [3.8, 4) is 16.9 Å². The van der Waals surface area contributed by atoms with Gasteiger partial charge < -0.3 is 10.1 Å². The number of aryl methyl sites for hydroxylation is 1. The van der Waals surface area contributed by atoms with Gasteiger partial charge in [0.25, 0.3) is 0 Å². The molecule has 2 aliphatic rings. The van der Waals surface area contributed by atoms with Crippen LogP contribution >= 0.6 is 0 Å². The van der Waals surface area contributed by atoms with Crippen LogP contribution in [0.15, 0.2) is 72.9 Å². The molecule has 33 heavy (non-hydrogen) atoms. The fourth-order valence-corrected chi connectivity index (χ4v) is 4.88. The number of ether oxygens (including phenoxy) is 1. The summed E-state index contributed by atoms with van der Waals surface area (Å²) in [5, 5.41) is 3.64. The summed E-state index contributed by atoms with van der Waals surface area (Å²) < 4.78 is 6.61. The first kappa shape index (κ1) is 21.7. The third-order valence-electron chi connectivity index (χ3n) is 6.72. The number of benzene rings is 2. The number of fused-ring (bicyclic) bond motifs is 1. The Hall–Kier alpha value is -3.17. The van der Waals surface area contributed by atoms with Gasteiger partial charge in [0.1, 0.15) is 5.75 Å². The van der Waals surface area contributed by atoms with Crippen molar-refractivity contribution in [2.45, 2.75) is 45.1 Å². The number of aromatic nitrogens is 1. The maximum Gasteiger partial charge on any atom is 0.137 e. The Morgan fingerprint density at radius 3 is 2.67 bits per heavy atom. The van der Waals surface area contributed by atoms with Crippen LogP contribution in [0.25, 0.3) is 22.8 Å². The highest BCUT2D eigenvalue weighted by Crippen LogP contribution is 2.38. The van der Waals surface area contributed by atoms with E-state index in [-0.39, 0.29) is 0 Å². The Bertz CT molecular complexity index is 1160. The molecule has 1 fully saturated rings. The summed E-state index contributed by atoms with van der Waals surface area (Å²) in [4.78, 5) is 4.88. The molecule has 0 bridgehead atoms. The highest BCUT2D eigenvalue weighted by atomic mass is 16.5. The third-order valence-corrected chi connectivity index (χ3v) is 6.72. The second kappa shape index (κ2) is 10.2. The van der Waals surface area contributed by atoms with Crippen molar-refractivity contribution in [1.82, 2.24) is 10.3 Å². The molecule has 0 amide bonds. The molecule has 1 aliphatic heterocycles. The normalized spacial score (nSPS) is 17.7. The number of piperidine rings is 1. The van der Waals surface area contributed by atoms with E-state index >= 15 is 0 Å². The fourth-order valence-electron chi connectivity index (χ4n) is 4.88. The summed E-state index contributed by atoms with van der Waals surface area (Å²) >= 11 is 0. The van der Waals surface area contributed by atoms with Gasteiger partial charge in [0.2, 0.25) is 0 Å². The van der Waals surface area contributed by atoms with E-state index in [1.807, 2.05) is 6.20 Å². The maximum absolute atomic E-state index is 6.61. The van der Waals surface area contributed by atoms with E-state index in [4.69, 9.17) is 9.72 Å². The molecule has 1 N–H and O–H groups in total. The molecule has 0 saturated carbocycles. The lowest BCUT2D eigenvalue weighted by molar-refractivity contribution is 0.268. The molecule has 1 aliphatic carbocycles. The van der Waals surface area contributed by atoms with Crippen molar-refractivity contribution in [2.75, 3.05) is 13.2 Å². The van der Waals surface area contributed by atoms with E-state index < -0.39 is 0 Å². The van der Waals surface area contributed by atoms with Crippen LogP contribution in [0.2, 0.25) is 0 Å². The van der Waals surface area contributed by atoms with Gasteiger partial charge in [0.15, 0.2) is 0 Å². The Morgan fingerprint density at radius 1 is 1.00 bits per heavy atom. The minimum Gasteiger partial charge on any atom is -0.492 e. The molecule has 5 rings (SSSR count). The Kier molecular flexibility index (Phi) is 6.68. The summed E-state index contributed by atoms with van der Waals surface area (Å²) in [7, 11) is 0. The molecular weight excluding hydrogens is 404 g/mol. The first-order chi connectivity index (χ1) is 16.3. The number of pyridine rings is 1. The summed E-state index contributed by atoms with van der Waals surface area (Å²) in [5.74, 6) is 0.955. The summed E-state index contributed by atoms with van der Waals surface area (Å²) in [6.45, 7) is 4.00. The molecule has 1 aromatic heterocycles. The van der Waals surface area contributed by atoms with Gasteiger partial charge in [0.05, 0.1) is 12.3 Å². The fraction of sp³-hybridized carbons (Fsp3) is 0.300. The van der Waals surface area contributed by atoms with Crippen molar-refractivity contribution < 1.29 is 4.74 Å². The highest BCUT2D eigenvalue weighted by molar-refractivity contribution is 5.92. The predicted octanol–water partition coefficient (Wildman–Crippen LogP) is 6.62. The topological polar surface area (TPSA) is 34.1 Å². The average Bonchev–Trinajstić information content (AvgIpc) is 3.08. The van der Waals surface area contributed by atoms with Crippen LogP contribution in [-0.4, -0.2) is 24.2 Å². The summed E-state index contributed by atoms with van der Waals surface area (Å²) in [6, 6.07) is 19.6. The van der Waals surface area contributed by atoms with E-state index in [2.05, 4.69) is 85.1 Å². The SMILES string of the molecule is Cc1ccccc1C1=Cc2c(ncc(-c3ccccc3)c2OCCC2CCCCN2)CC=C1. The van der Waals surface area contributed by atoms with Crippen molar-refractivity contribution in [3.63, 3.8) is 0 Å². The smallest absolute Gasteiger partial charge is 0.137 e. The van der Waals surface area contributed by atoms with Crippen molar-refractivity contribution >= 4 is 11.6 Å². The molecular formula is C30H32N2O. The monoisotopic (exact) mass is 436 g/mol. The Morgan fingerprint density at radius 2 is 1.85 bits per heavy atom. The number of hydrogen-bond donors (Lipinski definition) is 1. The molecule has 0 spiro atoms. The van der Waals surface area contributed by atoms with E-state index in [9.17, 15) is 0 Å². The van der Waals surface area contributed by atoms with Gasteiger partial charge in [-0.3, -0.25) is 4.98 Å². The van der Waals surface area contributed by atoms with Crippen molar-refractivity contribution in [1.29, 1.82) is 0 Å². The Labute approximate surface area is 197 Å². The van der Waals surface area contributed by atoms with Crippen molar-refractivity contribution in [3.05, 3.63) is 95.3 Å². The maximum atomic E-state index is 6.61. The summed E-state index contributed by atoms with van der Waals surface area (Å²) in [5.41, 5.74) is 8.11. The number of rotatable bonds is 6. The first-order valence-corrected chi connectivity index (χ1v) is 12.2. The third kappa shape index (κ3) is 4.94. The van der Waals surface area contributed by atoms with E-state index in [1.54, 1.807) is 0 Å². The molecule has 3 aromatic rings. The van der Waals surface area contributed by atoms with E-state index in [1.165, 1.54) is 36.0 Å². The Balaban J connectivity index is 1.55. The molecule has 0 radical (unpaired) electrons. The number of nitrogens with zero attached hydrogens (tertiary/aromatic N) is 1. The highest BCUT2D eigenvalue weighted by Gasteiger charge is 2.19. The van der Waals surface area contributed by atoms with Crippen LogP contribution in [0.3, 0.4) is 0 Å². The molecule has 2 heterocycles. The van der Waals surface area contributed by atoms with Crippen LogP contribution in [0.1, 0.15) is 48.1 Å². The molecule has 168 valence electrons. The number of allylic oxidation sites excluding steroid dienone is 3. The quantitative estimate of drug-likeness (QED) is 0.471. The minimum atomic E-state index is 0.555. The lowest BCUT2D eigenvalue weighted by atomic mass is 9.97. The molecule has 3 heteroatoms. The van der Waals surface area contributed by atoms with Crippen LogP contribution in [0.4, 0.5) is 0 Å². The van der Waals surface area contributed by atoms with Crippen LogP contribution in [0, 0.1) is 6.92 Å². The van der Waals surface area contributed by atoms with Crippen LogP contribution < -0.4 is 10.1 Å². The van der Waals surface area contributed by atoms with Gasteiger partial charge in [-0.25, -0.2) is 0 Å². The van der Waals surface area contributed by atoms with Gasteiger partial charge in [-0.15, -0.1) is 0 Å². The van der Waals surface area contributed by atoms with Gasteiger partial charge in [-0.05, 0) is 61.1 Å². The second-order valence-corrected chi connectivity index (χ2v) is 9.03. The first-order valence-electron chi connectivity index (χ1n) is 12.2. The van der Waals surface area contributed by atoms with E-state index in [0.717, 1.165) is 47.5 Å². The largest absolute Gasteiger partial charge is 0.492 e. The molecule has 3 nitrogen and oxygen atoms in total.